The summed E-state index contributed by atoms with van der Waals surface area (Å²) in [4.78, 5) is 0. The molecular formula is C66H60Si. The fourth-order valence-electron chi connectivity index (χ4n) is 13.6. The predicted octanol–water partition coefficient (Wildman–Crippen LogP) is 13.9. The summed E-state index contributed by atoms with van der Waals surface area (Å²) in [6.07, 6.45) is 7.69. The molecule has 0 N–H and O–H groups in total. The molecule has 3 aliphatic carbocycles. The number of hydrogen-bond acceptors (Lipinski definition) is 0. The Bertz CT molecular complexity index is 3410. The van der Waals surface area contributed by atoms with E-state index in [2.05, 4.69) is 262 Å². The lowest BCUT2D eigenvalue weighted by molar-refractivity contribution is 0.191. The molecule has 0 aliphatic heterocycles. The summed E-state index contributed by atoms with van der Waals surface area (Å²) >= 11 is 0. The van der Waals surface area contributed by atoms with Crippen molar-refractivity contribution in [2.45, 2.75) is 77.0 Å². The highest BCUT2D eigenvalue weighted by atomic mass is 28.3. The summed E-state index contributed by atoms with van der Waals surface area (Å²) < 4.78 is 0. The van der Waals surface area contributed by atoms with Crippen molar-refractivity contribution in [1.82, 2.24) is 0 Å². The summed E-state index contributed by atoms with van der Waals surface area (Å²) in [6, 6.07) is 72.3. The van der Waals surface area contributed by atoms with Crippen molar-refractivity contribution < 1.29 is 0 Å². The summed E-state index contributed by atoms with van der Waals surface area (Å²) in [7, 11) is -2.69. The SMILES string of the molecule is CC1(C)c2ccccc2C(C)(C)c2cc3c(cc21)c1ccccc1c1cc2c(cc31)C(C)(C)C1C=C(c3cccc([Si](c4ccccc4)(c4ccccc4)c4ccccc4)c3)C=CC1C2(C)C. The predicted molar refractivity (Wildman–Crippen MR) is 290 cm³/mol. The van der Waals surface area contributed by atoms with Crippen LogP contribution in [0.4, 0.5) is 0 Å². The van der Waals surface area contributed by atoms with Gasteiger partial charge >= 0.3 is 0 Å². The number of benzene rings is 9. The van der Waals surface area contributed by atoms with E-state index in [4.69, 9.17) is 0 Å². The van der Waals surface area contributed by atoms with Gasteiger partial charge in [0, 0.05) is 10.8 Å². The fraction of sp³-hybridized carbons (Fsp3) is 0.212. The molecule has 9 aromatic rings. The molecule has 0 bridgehead atoms. The van der Waals surface area contributed by atoms with Crippen LogP contribution >= 0.6 is 0 Å². The zero-order valence-corrected chi connectivity index (χ0v) is 41.3. The minimum atomic E-state index is -2.69. The van der Waals surface area contributed by atoms with Crippen LogP contribution in [0, 0.1) is 11.8 Å². The maximum absolute atomic E-state index is 2.69. The lowest BCUT2D eigenvalue weighted by Crippen LogP contribution is -2.74. The zero-order chi connectivity index (χ0) is 46.1. The summed E-state index contributed by atoms with van der Waals surface area (Å²) in [5, 5.41) is 13.8. The topological polar surface area (TPSA) is 0 Å². The Balaban J connectivity index is 1.04. The monoisotopic (exact) mass is 880 g/mol. The molecule has 0 nitrogen and oxygen atoms in total. The van der Waals surface area contributed by atoms with Crippen molar-refractivity contribution in [2.75, 3.05) is 0 Å². The van der Waals surface area contributed by atoms with Crippen molar-refractivity contribution >= 4 is 66.7 Å². The van der Waals surface area contributed by atoms with Gasteiger partial charge in [0.1, 0.15) is 0 Å². The minimum Gasteiger partial charge on any atom is -0.0793 e. The second kappa shape index (κ2) is 14.7. The van der Waals surface area contributed by atoms with Crippen molar-refractivity contribution in [3.8, 4) is 0 Å². The molecule has 0 spiro atoms. The quantitative estimate of drug-likeness (QED) is 0.0918. The highest BCUT2D eigenvalue weighted by Crippen LogP contribution is 2.58. The number of hydrogen-bond donors (Lipinski definition) is 0. The van der Waals surface area contributed by atoms with Gasteiger partial charge in [-0.05, 0) is 145 Å². The van der Waals surface area contributed by atoms with Gasteiger partial charge in [0.15, 0.2) is 8.07 Å². The molecule has 2 atom stereocenters. The maximum atomic E-state index is 2.66. The summed E-state index contributed by atoms with van der Waals surface area (Å²) in [5.41, 5.74) is 10.9. The average Bonchev–Trinajstić information content (AvgIpc) is 3.36. The lowest BCUT2D eigenvalue weighted by atomic mass is 9.51. The van der Waals surface area contributed by atoms with Gasteiger partial charge in [-0.15, -0.1) is 0 Å². The van der Waals surface area contributed by atoms with Crippen LogP contribution in [0.25, 0.3) is 37.9 Å². The van der Waals surface area contributed by atoms with Crippen molar-refractivity contribution in [2.24, 2.45) is 11.8 Å². The van der Waals surface area contributed by atoms with Crippen molar-refractivity contribution in [1.29, 1.82) is 0 Å². The molecule has 0 radical (unpaired) electrons. The van der Waals surface area contributed by atoms with E-state index in [9.17, 15) is 0 Å². The number of rotatable bonds is 5. The van der Waals surface area contributed by atoms with Gasteiger partial charge in [0.25, 0.3) is 0 Å². The molecule has 2 unspecified atom stereocenters. The van der Waals surface area contributed by atoms with E-state index in [0.717, 1.165) is 0 Å². The van der Waals surface area contributed by atoms with Crippen molar-refractivity contribution in [3.05, 3.63) is 245 Å². The molecule has 0 saturated carbocycles. The maximum Gasteiger partial charge on any atom is 0.179 e. The Kier molecular flexibility index (Phi) is 9.20. The van der Waals surface area contributed by atoms with Gasteiger partial charge in [0.05, 0.1) is 0 Å². The second-order valence-corrected chi connectivity index (χ2v) is 25.9. The molecule has 0 fully saturated rings. The minimum absolute atomic E-state index is 0.0955. The van der Waals surface area contributed by atoms with E-state index in [-0.39, 0.29) is 21.7 Å². The third-order valence-electron chi connectivity index (χ3n) is 17.3. The van der Waals surface area contributed by atoms with Gasteiger partial charge in [-0.25, -0.2) is 0 Å². The molecule has 328 valence electrons. The zero-order valence-electron chi connectivity index (χ0n) is 40.3. The van der Waals surface area contributed by atoms with Crippen LogP contribution in [0.1, 0.15) is 94.3 Å². The van der Waals surface area contributed by atoms with Crippen LogP contribution in [-0.4, -0.2) is 8.07 Å². The van der Waals surface area contributed by atoms with E-state index in [1.54, 1.807) is 0 Å². The van der Waals surface area contributed by atoms with E-state index in [1.165, 1.54) is 97.6 Å². The van der Waals surface area contributed by atoms with Gasteiger partial charge in [0.2, 0.25) is 0 Å². The van der Waals surface area contributed by atoms with Crippen LogP contribution in [-0.2, 0) is 21.7 Å². The molecule has 0 saturated heterocycles. The van der Waals surface area contributed by atoms with E-state index in [0.29, 0.717) is 11.8 Å². The Labute approximate surface area is 398 Å². The standard InChI is InChI=1S/C66H60Si/c1-63(2)55-33-20-21-34-56(55)64(3,4)61-41-53-51(39-59(61)63)49-31-18-19-32-50(49)52-40-60-62(42-54(52)53)66(7,8)58-38-44(35-36-57(58)65(60,5)6)43-23-22-30-48(37-43)67(45-24-12-9-13-25-45,46-26-14-10-15-27-46)47-28-16-11-17-29-47/h9-42,57-58H,1-8H3. The van der Waals surface area contributed by atoms with Gasteiger partial charge in [-0.2, -0.15) is 0 Å². The average molecular weight is 881 g/mol. The molecule has 0 amide bonds. The Hall–Kier alpha value is -6.54. The van der Waals surface area contributed by atoms with Crippen LogP contribution in [0.3, 0.4) is 0 Å². The molecular weight excluding hydrogens is 821 g/mol. The third kappa shape index (κ3) is 5.90. The Morgan fingerprint density at radius 2 is 0.716 bits per heavy atom. The fourth-order valence-corrected chi connectivity index (χ4v) is 18.4. The molecule has 3 aliphatic rings. The lowest BCUT2D eigenvalue weighted by Gasteiger charge is -2.53. The highest BCUT2D eigenvalue weighted by molar-refractivity contribution is 7.19. The van der Waals surface area contributed by atoms with Crippen LogP contribution in [0.5, 0.6) is 0 Å². The largest absolute Gasteiger partial charge is 0.179 e. The second-order valence-electron chi connectivity index (χ2n) is 22.1. The van der Waals surface area contributed by atoms with Gasteiger partial charge < -0.3 is 0 Å². The molecule has 9 aromatic carbocycles. The third-order valence-corrected chi connectivity index (χ3v) is 22.0. The van der Waals surface area contributed by atoms with E-state index < -0.39 is 8.07 Å². The summed E-state index contributed by atoms with van der Waals surface area (Å²) in [5.74, 6) is 0.638. The molecule has 67 heavy (non-hydrogen) atoms. The molecule has 0 aromatic heterocycles. The molecule has 0 heterocycles. The first kappa shape index (κ1) is 41.9. The highest BCUT2D eigenvalue weighted by Gasteiger charge is 2.51. The smallest absolute Gasteiger partial charge is 0.0793 e. The first-order valence-corrected chi connectivity index (χ1v) is 26.5. The van der Waals surface area contributed by atoms with Crippen LogP contribution in [0.15, 0.2) is 206 Å². The first-order valence-electron chi connectivity index (χ1n) is 24.5. The normalized spacial score (nSPS) is 19.6. The van der Waals surface area contributed by atoms with Crippen LogP contribution in [0.2, 0.25) is 0 Å². The van der Waals surface area contributed by atoms with Gasteiger partial charge in [-0.3, -0.25) is 0 Å². The number of fused-ring (bicyclic) bond motifs is 10. The molecule has 12 rings (SSSR count). The summed E-state index contributed by atoms with van der Waals surface area (Å²) in [6.45, 7) is 19.8. The first-order chi connectivity index (χ1) is 32.2. The number of allylic oxidation sites excluding steroid dienone is 4. The Morgan fingerprint density at radius 1 is 0.328 bits per heavy atom. The van der Waals surface area contributed by atoms with Gasteiger partial charge in [-0.1, -0.05) is 237 Å². The van der Waals surface area contributed by atoms with Crippen molar-refractivity contribution in [3.63, 3.8) is 0 Å². The van der Waals surface area contributed by atoms with E-state index in [1.807, 2.05) is 0 Å². The Morgan fingerprint density at radius 3 is 1.19 bits per heavy atom. The van der Waals surface area contributed by atoms with Crippen LogP contribution < -0.4 is 20.7 Å². The molecule has 1 heteroatoms. The van der Waals surface area contributed by atoms with E-state index >= 15 is 0 Å².